The summed E-state index contributed by atoms with van der Waals surface area (Å²) in [6.45, 7) is 2.09. The molecule has 0 aliphatic heterocycles. The van der Waals surface area contributed by atoms with Gasteiger partial charge in [-0.2, -0.15) is 0 Å². The molecule has 0 radical (unpaired) electrons. The van der Waals surface area contributed by atoms with E-state index in [0.717, 1.165) is 10.0 Å². The third-order valence-electron chi connectivity index (χ3n) is 2.89. The zero-order valence-electron chi connectivity index (χ0n) is 12.4. The van der Waals surface area contributed by atoms with Crippen molar-refractivity contribution in [1.82, 2.24) is 4.98 Å². The minimum atomic E-state index is -0.380. The first-order chi connectivity index (χ1) is 10.5. The molecule has 5 nitrogen and oxygen atoms in total. The van der Waals surface area contributed by atoms with Crippen molar-refractivity contribution in [3.63, 3.8) is 0 Å². The number of benzene rings is 1. The van der Waals surface area contributed by atoms with Gasteiger partial charge in [-0.1, -0.05) is 34.7 Å². The quantitative estimate of drug-likeness (QED) is 0.494. The van der Waals surface area contributed by atoms with Crippen LogP contribution in [0.1, 0.15) is 16.6 Å². The van der Waals surface area contributed by atoms with Crippen LogP contribution in [-0.4, -0.2) is 30.9 Å². The maximum Gasteiger partial charge on any atom is 0.352 e. The van der Waals surface area contributed by atoms with E-state index in [4.69, 9.17) is 22.1 Å². The van der Waals surface area contributed by atoms with E-state index < -0.39 is 0 Å². The van der Waals surface area contributed by atoms with Crippen LogP contribution in [0, 0.1) is 0 Å². The van der Waals surface area contributed by atoms with Gasteiger partial charge in [0.1, 0.15) is 0 Å². The number of anilines is 3. The largest absolute Gasteiger partial charge is 0.462 e. The van der Waals surface area contributed by atoms with E-state index in [9.17, 15) is 4.79 Å². The first kappa shape index (κ1) is 16.9. The van der Waals surface area contributed by atoms with E-state index in [1.165, 1.54) is 23.1 Å². The Bertz CT molecular complexity index is 691. The van der Waals surface area contributed by atoms with E-state index in [2.05, 4.69) is 4.98 Å². The van der Waals surface area contributed by atoms with Gasteiger partial charge in [0, 0.05) is 12.1 Å². The van der Waals surface area contributed by atoms with Gasteiger partial charge < -0.3 is 15.4 Å². The van der Waals surface area contributed by atoms with Gasteiger partial charge in [-0.3, -0.25) is 0 Å². The number of aromatic nitrogens is 1. The smallest absolute Gasteiger partial charge is 0.352 e. The summed E-state index contributed by atoms with van der Waals surface area (Å²) in [5.41, 5.74) is 7.26. The molecule has 2 aromatic rings. The highest BCUT2D eigenvalue weighted by molar-refractivity contribution is 8.00. The van der Waals surface area contributed by atoms with Gasteiger partial charge in [-0.25, -0.2) is 9.78 Å². The first-order valence-electron chi connectivity index (χ1n) is 6.48. The fourth-order valence-electron chi connectivity index (χ4n) is 1.88. The average Bonchev–Trinajstić information content (AvgIpc) is 2.91. The summed E-state index contributed by atoms with van der Waals surface area (Å²) in [5.74, 6) is 0.150. The molecule has 2 rings (SSSR count). The molecule has 0 bridgehead atoms. The molecule has 0 amide bonds. The fraction of sp³-hybridized carbons (Fsp3) is 0.286. The van der Waals surface area contributed by atoms with Crippen molar-refractivity contribution in [2.75, 3.05) is 30.5 Å². The minimum Gasteiger partial charge on any atom is -0.462 e. The van der Waals surface area contributed by atoms with Gasteiger partial charge in [0.25, 0.3) is 0 Å². The molecule has 0 spiro atoms. The minimum absolute atomic E-state index is 0.317. The average molecular weight is 358 g/mol. The summed E-state index contributed by atoms with van der Waals surface area (Å²) >= 11 is 8.72. The Hall–Kier alpha value is -1.44. The van der Waals surface area contributed by atoms with Crippen molar-refractivity contribution in [3.05, 3.63) is 28.1 Å². The number of nitrogens with zero attached hydrogens (tertiary/aromatic N) is 2. The lowest BCUT2D eigenvalue weighted by atomic mass is 10.2. The molecular formula is C14H16ClN3O2S2. The van der Waals surface area contributed by atoms with E-state index in [1.54, 1.807) is 30.0 Å². The van der Waals surface area contributed by atoms with E-state index in [-0.39, 0.29) is 5.97 Å². The summed E-state index contributed by atoms with van der Waals surface area (Å²) in [4.78, 5) is 18.9. The lowest BCUT2D eigenvalue weighted by Crippen LogP contribution is -2.16. The normalized spacial score (nSPS) is 10.5. The molecule has 0 fully saturated rings. The van der Waals surface area contributed by atoms with Crippen LogP contribution >= 0.6 is 34.7 Å². The number of halogens is 1. The Labute approximate surface area is 142 Å². The molecule has 0 unspecified atom stereocenters. The number of carbonyl (C=O) groups is 1. The van der Waals surface area contributed by atoms with Crippen molar-refractivity contribution in [2.45, 2.75) is 11.3 Å². The number of hydrogen-bond acceptors (Lipinski definition) is 7. The van der Waals surface area contributed by atoms with Crippen molar-refractivity contribution < 1.29 is 9.53 Å². The number of thioether (sulfide) groups is 1. The highest BCUT2D eigenvalue weighted by Gasteiger charge is 2.23. The molecule has 1 heterocycles. The van der Waals surface area contributed by atoms with Gasteiger partial charge in [0.2, 0.25) is 0 Å². The van der Waals surface area contributed by atoms with Crippen LogP contribution in [0.5, 0.6) is 0 Å². The van der Waals surface area contributed by atoms with Gasteiger partial charge in [-0.05, 0) is 31.4 Å². The maximum absolute atomic E-state index is 12.1. The van der Waals surface area contributed by atoms with Crippen molar-refractivity contribution >= 4 is 57.9 Å². The molecule has 1 aromatic carbocycles. The number of rotatable bonds is 5. The summed E-state index contributed by atoms with van der Waals surface area (Å²) in [5, 5.41) is 0.559. The molecule has 118 valence electrons. The molecule has 0 atom stereocenters. The Balaban J connectivity index is 2.45. The van der Waals surface area contributed by atoms with Crippen molar-refractivity contribution in [2.24, 2.45) is 0 Å². The second-order valence-electron chi connectivity index (χ2n) is 4.32. The van der Waals surface area contributed by atoms with Crippen molar-refractivity contribution in [3.8, 4) is 0 Å². The predicted octanol–water partition coefficient (Wildman–Crippen LogP) is 4.05. The second kappa shape index (κ2) is 7.21. The van der Waals surface area contributed by atoms with Gasteiger partial charge in [0.15, 0.2) is 15.0 Å². The zero-order valence-corrected chi connectivity index (χ0v) is 14.8. The molecule has 0 aliphatic carbocycles. The summed E-state index contributed by atoms with van der Waals surface area (Å²) < 4.78 is 5.89. The number of carbonyl (C=O) groups excluding carboxylic acids is 1. The van der Waals surface area contributed by atoms with Crippen LogP contribution in [0.2, 0.25) is 5.02 Å². The SMILES string of the molecule is CCOC(=O)c1sc(SC)nc1N(C)c1ccc(Cl)cc1N. The Morgan fingerprint density at radius 3 is 2.86 bits per heavy atom. The number of thiazole rings is 1. The molecule has 0 saturated heterocycles. The second-order valence-corrected chi connectivity index (χ2v) is 6.81. The van der Waals surface area contributed by atoms with Crippen molar-refractivity contribution in [1.29, 1.82) is 0 Å². The predicted molar refractivity (Wildman–Crippen MR) is 93.8 cm³/mol. The van der Waals surface area contributed by atoms with Crippen LogP contribution in [0.25, 0.3) is 0 Å². The number of esters is 1. The third kappa shape index (κ3) is 3.48. The summed E-state index contributed by atoms with van der Waals surface area (Å²) in [7, 11) is 1.81. The third-order valence-corrected chi connectivity index (χ3v) is 5.14. The molecule has 22 heavy (non-hydrogen) atoms. The van der Waals surface area contributed by atoms with Crippen LogP contribution in [-0.2, 0) is 4.74 Å². The van der Waals surface area contributed by atoms with Gasteiger partial charge >= 0.3 is 5.97 Å². The topological polar surface area (TPSA) is 68.5 Å². The zero-order chi connectivity index (χ0) is 16.3. The standard InChI is InChI=1S/C14H16ClN3O2S2/c1-4-20-13(19)11-12(17-14(21-3)22-11)18(2)10-6-5-8(15)7-9(10)16/h5-7H,4,16H2,1-3H3. The van der Waals surface area contributed by atoms with Crippen LogP contribution in [0.15, 0.2) is 22.5 Å². The number of ether oxygens (including phenoxy) is 1. The lowest BCUT2D eigenvalue weighted by molar-refractivity contribution is 0.0532. The van der Waals surface area contributed by atoms with E-state index in [1.807, 2.05) is 13.3 Å². The van der Waals surface area contributed by atoms with E-state index >= 15 is 0 Å². The molecule has 1 aromatic heterocycles. The van der Waals surface area contributed by atoms with Crippen LogP contribution in [0.4, 0.5) is 17.2 Å². The highest BCUT2D eigenvalue weighted by atomic mass is 35.5. The number of nitrogen functional groups attached to an aromatic ring is 1. The molecule has 8 heteroatoms. The highest BCUT2D eigenvalue weighted by Crippen LogP contribution is 2.37. The Morgan fingerprint density at radius 2 is 2.27 bits per heavy atom. The molecule has 2 N–H and O–H groups in total. The van der Waals surface area contributed by atoms with E-state index in [0.29, 0.717) is 28.0 Å². The molecule has 0 aliphatic rings. The Morgan fingerprint density at radius 1 is 1.55 bits per heavy atom. The summed E-state index contributed by atoms with van der Waals surface area (Å²) in [6, 6.07) is 5.21. The first-order valence-corrected chi connectivity index (χ1v) is 8.90. The number of hydrogen-bond donors (Lipinski definition) is 1. The van der Waals surface area contributed by atoms with Crippen LogP contribution < -0.4 is 10.6 Å². The lowest BCUT2D eigenvalue weighted by Gasteiger charge is -2.20. The molecular weight excluding hydrogens is 342 g/mol. The monoisotopic (exact) mass is 357 g/mol. The maximum atomic E-state index is 12.1. The van der Waals surface area contributed by atoms with Crippen LogP contribution in [0.3, 0.4) is 0 Å². The Kier molecular flexibility index (Phi) is 5.55. The fourth-order valence-corrected chi connectivity index (χ4v) is 3.55. The number of nitrogens with two attached hydrogens (primary N) is 1. The van der Waals surface area contributed by atoms with Gasteiger partial charge in [-0.15, -0.1) is 0 Å². The van der Waals surface area contributed by atoms with Gasteiger partial charge in [0.05, 0.1) is 18.0 Å². The molecule has 0 saturated carbocycles. The summed E-state index contributed by atoms with van der Waals surface area (Å²) in [6.07, 6.45) is 1.91.